The first-order valence-corrected chi connectivity index (χ1v) is 15.6. The average Bonchev–Trinajstić information content (AvgIpc) is 3.80. The van der Waals surface area contributed by atoms with Crippen LogP contribution < -0.4 is 10.2 Å². The molecule has 0 atom stereocenters. The van der Waals surface area contributed by atoms with Crippen LogP contribution in [-0.2, 0) is 27.3 Å². The molecule has 9 aromatic rings. The number of rotatable bonds is 4. The summed E-state index contributed by atoms with van der Waals surface area (Å²) >= 11 is 0. The van der Waals surface area contributed by atoms with Crippen LogP contribution in [0.15, 0.2) is 146 Å². The molecule has 0 fully saturated rings. The molecule has 0 unspecified atom stereocenters. The number of carbonyl (C=O) groups is 2. The molecule has 0 aliphatic heterocycles. The summed E-state index contributed by atoms with van der Waals surface area (Å²) in [5.74, 6) is -1.33. The second-order valence-corrected chi connectivity index (χ2v) is 11.1. The molecule has 0 radical (unpaired) electrons. The van der Waals surface area contributed by atoms with Crippen molar-refractivity contribution in [3.05, 3.63) is 157 Å². The Morgan fingerprint density at radius 2 is 0.863 bits per heavy atom. The fraction of sp³-hybridized carbons (Fsp3) is 0. The summed E-state index contributed by atoms with van der Waals surface area (Å²) in [5.41, 5.74) is 6.66. The standard InChI is InChI=1S/2C14H10N2O2.C12H8N2.Cd/c2*17-14(18)10-6-2-1-5-9(10)13-15-11-7-3-4-8-12(11)16-13;1-3-9-5-6-10-4-2-8-14-12(10)11(9)13-7-1;/h2*1-8H,(H,15,16)(H,17,18);1-8H;/q;;;+2/p-2. The Labute approximate surface area is 311 Å². The Morgan fingerprint density at radius 3 is 1.27 bits per heavy atom. The summed E-state index contributed by atoms with van der Waals surface area (Å²) in [6.07, 6.45) is 3.60. The number of carbonyl (C=O) groups excluding carboxylic acids is 2. The summed E-state index contributed by atoms with van der Waals surface area (Å²) in [6.45, 7) is 0. The van der Waals surface area contributed by atoms with Gasteiger partial charge in [-0.2, -0.15) is 0 Å². The third-order valence-corrected chi connectivity index (χ3v) is 7.93. The Bertz CT molecular complexity index is 2400. The van der Waals surface area contributed by atoms with Gasteiger partial charge in [0.05, 0.1) is 45.0 Å². The number of H-pyrrole nitrogens is 2. The maximum Gasteiger partial charge on any atom is 2.00 e. The van der Waals surface area contributed by atoms with Crippen LogP contribution in [0, 0.1) is 0 Å². The number of imidazole rings is 2. The van der Waals surface area contributed by atoms with E-state index in [0.717, 1.165) is 43.9 Å². The van der Waals surface area contributed by atoms with E-state index in [1.165, 1.54) is 12.1 Å². The molecule has 0 bridgehead atoms. The number of aromatic nitrogens is 6. The van der Waals surface area contributed by atoms with E-state index in [1.807, 2.05) is 60.7 Å². The second kappa shape index (κ2) is 15.5. The number of para-hydroxylation sites is 4. The largest absolute Gasteiger partial charge is 2.00 e. The van der Waals surface area contributed by atoms with Gasteiger partial charge < -0.3 is 29.8 Å². The smallest absolute Gasteiger partial charge is 0.545 e. The third kappa shape index (κ3) is 7.50. The number of benzene rings is 5. The van der Waals surface area contributed by atoms with Crippen molar-refractivity contribution >= 4 is 55.8 Å². The number of nitrogens with zero attached hydrogens (tertiary/aromatic N) is 4. The molecule has 51 heavy (non-hydrogen) atoms. The number of nitrogens with one attached hydrogen (secondary N) is 2. The molecule has 11 heteroatoms. The Balaban J connectivity index is 0.000000132. The average molecular weight is 767 g/mol. The van der Waals surface area contributed by atoms with E-state index in [0.29, 0.717) is 22.8 Å². The summed E-state index contributed by atoms with van der Waals surface area (Å²) in [6, 6.07) is 40.6. The van der Waals surface area contributed by atoms with E-state index in [9.17, 15) is 19.8 Å². The number of hydrogen-bond donors (Lipinski definition) is 2. The molecule has 9 rings (SSSR count). The zero-order valence-electron chi connectivity index (χ0n) is 27.0. The molecule has 2 N–H and O–H groups in total. The van der Waals surface area contributed by atoms with Gasteiger partial charge >= 0.3 is 27.3 Å². The van der Waals surface area contributed by atoms with Crippen LogP contribution in [-0.4, -0.2) is 41.8 Å². The molecule has 4 aromatic heterocycles. The topological polar surface area (TPSA) is 163 Å². The van der Waals surface area contributed by atoms with Crippen molar-refractivity contribution in [3.8, 4) is 22.8 Å². The molecule has 4 heterocycles. The van der Waals surface area contributed by atoms with Gasteiger partial charge in [0.2, 0.25) is 0 Å². The van der Waals surface area contributed by atoms with Gasteiger partial charge in [0.1, 0.15) is 11.6 Å². The van der Waals surface area contributed by atoms with Crippen molar-refractivity contribution in [2.24, 2.45) is 0 Å². The van der Waals surface area contributed by atoms with Crippen LogP contribution in [0.25, 0.3) is 66.6 Å². The van der Waals surface area contributed by atoms with E-state index in [2.05, 4.69) is 54.2 Å². The summed E-state index contributed by atoms with van der Waals surface area (Å²) in [4.78, 5) is 45.8. The van der Waals surface area contributed by atoms with Crippen molar-refractivity contribution < 1.29 is 47.1 Å². The number of pyridine rings is 2. The van der Waals surface area contributed by atoms with Crippen LogP contribution in [0.2, 0.25) is 0 Å². The van der Waals surface area contributed by atoms with Gasteiger partial charge in [0.15, 0.2) is 0 Å². The van der Waals surface area contributed by atoms with E-state index in [1.54, 1.807) is 48.8 Å². The summed E-state index contributed by atoms with van der Waals surface area (Å²) in [5, 5.41) is 24.4. The van der Waals surface area contributed by atoms with Gasteiger partial charge in [-0.05, 0) is 36.4 Å². The zero-order chi connectivity index (χ0) is 34.5. The maximum atomic E-state index is 11.1. The van der Waals surface area contributed by atoms with Crippen molar-refractivity contribution in [2.75, 3.05) is 0 Å². The number of aromatic carboxylic acids is 2. The molecule has 10 nitrogen and oxygen atoms in total. The zero-order valence-corrected chi connectivity index (χ0v) is 31.0. The first kappa shape index (κ1) is 34.6. The van der Waals surface area contributed by atoms with Crippen LogP contribution in [0.1, 0.15) is 20.7 Å². The van der Waals surface area contributed by atoms with Crippen LogP contribution in [0.3, 0.4) is 0 Å². The van der Waals surface area contributed by atoms with Crippen molar-refractivity contribution in [2.45, 2.75) is 0 Å². The molecular formula is C40H26CdN6O4. The number of aromatic amines is 2. The van der Waals surface area contributed by atoms with E-state index in [4.69, 9.17) is 0 Å². The van der Waals surface area contributed by atoms with Gasteiger partial charge in [-0.3, -0.25) is 9.97 Å². The molecule has 0 amide bonds. The number of carboxylic acid groups (broad SMARTS) is 2. The van der Waals surface area contributed by atoms with Gasteiger partial charge in [0.25, 0.3) is 0 Å². The summed E-state index contributed by atoms with van der Waals surface area (Å²) in [7, 11) is 0. The fourth-order valence-electron chi connectivity index (χ4n) is 5.58. The molecule has 0 saturated heterocycles. The molecule has 0 spiro atoms. The van der Waals surface area contributed by atoms with Crippen molar-refractivity contribution in [1.29, 1.82) is 0 Å². The first-order chi connectivity index (χ1) is 24.5. The minimum absolute atomic E-state index is 0. The molecule has 242 valence electrons. The minimum Gasteiger partial charge on any atom is -0.545 e. The number of fused-ring (bicyclic) bond motifs is 5. The van der Waals surface area contributed by atoms with Crippen LogP contribution >= 0.6 is 0 Å². The normalized spacial score (nSPS) is 10.5. The van der Waals surface area contributed by atoms with E-state index >= 15 is 0 Å². The third-order valence-electron chi connectivity index (χ3n) is 7.93. The van der Waals surface area contributed by atoms with Crippen molar-refractivity contribution in [1.82, 2.24) is 29.9 Å². The quantitative estimate of drug-likeness (QED) is 0.164. The van der Waals surface area contributed by atoms with Gasteiger partial charge in [0, 0.05) is 45.4 Å². The maximum absolute atomic E-state index is 11.1. The molecular weight excluding hydrogens is 741 g/mol. The molecule has 0 saturated carbocycles. The summed E-state index contributed by atoms with van der Waals surface area (Å²) < 4.78 is 0. The molecule has 0 aliphatic carbocycles. The van der Waals surface area contributed by atoms with Gasteiger partial charge in [-0.1, -0.05) is 97.1 Å². The van der Waals surface area contributed by atoms with Crippen LogP contribution in [0.5, 0.6) is 0 Å². The molecule has 0 aliphatic rings. The van der Waals surface area contributed by atoms with E-state index < -0.39 is 11.9 Å². The minimum atomic E-state index is -1.20. The predicted octanol–water partition coefficient (Wildman–Crippen LogP) is 5.97. The monoisotopic (exact) mass is 768 g/mol. The number of hydrogen-bond acceptors (Lipinski definition) is 8. The SMILES string of the molecule is O=C([O-])c1ccccc1-c1nc2ccccc2[nH]1.O=C([O-])c1ccccc1-c1nc2ccccc2[nH]1.[Cd+2].c1cnc2c(c1)ccc1cccnc12. The second-order valence-electron chi connectivity index (χ2n) is 11.1. The first-order valence-electron chi connectivity index (χ1n) is 15.6. The van der Waals surface area contributed by atoms with Crippen LogP contribution in [0.4, 0.5) is 0 Å². The van der Waals surface area contributed by atoms with Gasteiger partial charge in [-0.15, -0.1) is 0 Å². The van der Waals surface area contributed by atoms with E-state index in [-0.39, 0.29) is 38.4 Å². The fourth-order valence-corrected chi connectivity index (χ4v) is 5.58. The molecule has 5 aromatic carbocycles. The number of carboxylic acids is 2. The predicted molar refractivity (Wildman–Crippen MR) is 189 cm³/mol. The Kier molecular flexibility index (Phi) is 10.5. The van der Waals surface area contributed by atoms with Crippen molar-refractivity contribution in [3.63, 3.8) is 0 Å². The van der Waals surface area contributed by atoms with Gasteiger partial charge in [-0.25, -0.2) is 9.97 Å². The Morgan fingerprint density at radius 1 is 0.471 bits per heavy atom. The Hall–Kier alpha value is -6.28.